The maximum absolute atomic E-state index is 13.4. The van der Waals surface area contributed by atoms with Crippen molar-refractivity contribution in [3.8, 4) is 0 Å². The molecule has 21 heavy (non-hydrogen) atoms. The van der Waals surface area contributed by atoms with Gasteiger partial charge in [0.05, 0.1) is 11.6 Å². The van der Waals surface area contributed by atoms with Gasteiger partial charge in [0.1, 0.15) is 12.4 Å². The van der Waals surface area contributed by atoms with Gasteiger partial charge < -0.3 is 15.0 Å². The molecule has 1 atom stereocenters. The number of carbonyl (C=O) groups excluding carboxylic acids is 1. The summed E-state index contributed by atoms with van der Waals surface area (Å²) in [7, 11) is 0. The molecule has 1 aromatic rings. The summed E-state index contributed by atoms with van der Waals surface area (Å²) in [4.78, 5) is 12.5. The van der Waals surface area contributed by atoms with Crippen LogP contribution in [-0.2, 0) is 10.9 Å². The lowest BCUT2D eigenvalue weighted by Crippen LogP contribution is -2.40. The number of anilines is 1. The summed E-state index contributed by atoms with van der Waals surface area (Å²) in [6.45, 7) is 2.47. The van der Waals surface area contributed by atoms with Crippen LogP contribution in [-0.4, -0.2) is 31.8 Å². The van der Waals surface area contributed by atoms with Gasteiger partial charge in [0.2, 0.25) is 0 Å². The third kappa shape index (κ3) is 3.77. The van der Waals surface area contributed by atoms with Crippen molar-refractivity contribution in [1.29, 1.82) is 0 Å². The topological polar surface area (TPSA) is 41.6 Å². The van der Waals surface area contributed by atoms with Gasteiger partial charge in [0.25, 0.3) is 0 Å². The average molecular weight is 306 g/mol. The van der Waals surface area contributed by atoms with Gasteiger partial charge in [-0.3, -0.25) is 0 Å². The Morgan fingerprint density at radius 2 is 2.10 bits per heavy atom. The molecule has 4 nitrogen and oxygen atoms in total. The molecule has 0 bridgehead atoms. The highest BCUT2D eigenvalue weighted by molar-refractivity contribution is 5.69. The molecule has 1 N–H and O–H groups in total. The normalized spacial score (nSPS) is 18.3. The van der Waals surface area contributed by atoms with Crippen LogP contribution in [0.15, 0.2) is 18.2 Å². The molecule has 0 saturated carbocycles. The first kappa shape index (κ1) is 15.4. The fourth-order valence-corrected chi connectivity index (χ4v) is 2.13. The summed E-state index contributed by atoms with van der Waals surface area (Å²) in [6.07, 6.45) is -5.17. The van der Waals surface area contributed by atoms with Gasteiger partial charge in [-0.1, -0.05) is 0 Å². The lowest BCUT2D eigenvalue weighted by atomic mass is 10.1. The van der Waals surface area contributed by atoms with E-state index in [1.807, 2.05) is 0 Å². The fraction of sp³-hybridized carbons (Fsp3) is 0.462. The van der Waals surface area contributed by atoms with Crippen molar-refractivity contribution in [1.82, 2.24) is 5.32 Å². The molecule has 1 aliphatic heterocycles. The number of halogens is 4. The van der Waals surface area contributed by atoms with Crippen LogP contribution in [0.3, 0.4) is 0 Å². The van der Waals surface area contributed by atoms with Crippen molar-refractivity contribution in [2.45, 2.75) is 19.1 Å². The molecular formula is C13H14F4N2O2. The van der Waals surface area contributed by atoms with Crippen LogP contribution >= 0.6 is 0 Å². The van der Waals surface area contributed by atoms with Crippen molar-refractivity contribution >= 4 is 11.8 Å². The van der Waals surface area contributed by atoms with Crippen LogP contribution in [0, 0.1) is 5.82 Å². The SMILES string of the molecule is CCN(C[C@H]1COC(=O)N1)c1cc(F)cc(C(F)(F)F)c1. The number of benzene rings is 1. The maximum atomic E-state index is 13.4. The second-order valence-electron chi connectivity index (χ2n) is 4.67. The molecule has 0 radical (unpaired) electrons. The quantitative estimate of drug-likeness (QED) is 0.870. The van der Waals surface area contributed by atoms with E-state index in [9.17, 15) is 22.4 Å². The molecule has 1 fully saturated rings. The second-order valence-corrected chi connectivity index (χ2v) is 4.67. The summed E-state index contributed by atoms with van der Waals surface area (Å²) in [6, 6.07) is 2.05. The summed E-state index contributed by atoms with van der Waals surface area (Å²) in [5.74, 6) is -0.954. The molecule has 0 unspecified atom stereocenters. The van der Waals surface area contributed by atoms with Crippen molar-refractivity contribution in [3.63, 3.8) is 0 Å². The van der Waals surface area contributed by atoms with Crippen LogP contribution in [0.4, 0.5) is 28.0 Å². The number of rotatable bonds is 4. The molecule has 116 valence electrons. The van der Waals surface area contributed by atoms with Crippen molar-refractivity contribution in [3.05, 3.63) is 29.6 Å². The van der Waals surface area contributed by atoms with E-state index in [4.69, 9.17) is 4.74 Å². The van der Waals surface area contributed by atoms with Crippen LogP contribution in [0.1, 0.15) is 12.5 Å². The smallest absolute Gasteiger partial charge is 0.416 e. The van der Waals surface area contributed by atoms with E-state index in [0.717, 1.165) is 12.1 Å². The summed E-state index contributed by atoms with van der Waals surface area (Å²) in [5.41, 5.74) is -0.923. The maximum Gasteiger partial charge on any atom is 0.416 e. The Morgan fingerprint density at radius 3 is 2.62 bits per heavy atom. The Bertz CT molecular complexity index is 533. The standard InChI is InChI=1S/C13H14F4N2O2/c1-2-19(6-10-7-21-12(20)18-10)11-4-8(13(15,16)17)3-9(14)5-11/h3-5,10H,2,6-7H2,1H3,(H,18,20)/t10-/m0/s1. The highest BCUT2D eigenvalue weighted by Gasteiger charge is 2.32. The lowest BCUT2D eigenvalue weighted by Gasteiger charge is -2.26. The number of alkyl halides is 3. The van der Waals surface area contributed by atoms with Crippen molar-refractivity contribution in [2.24, 2.45) is 0 Å². The van der Waals surface area contributed by atoms with Gasteiger partial charge in [-0.2, -0.15) is 13.2 Å². The number of carbonyl (C=O) groups is 1. The van der Waals surface area contributed by atoms with Gasteiger partial charge in [0.15, 0.2) is 0 Å². The van der Waals surface area contributed by atoms with E-state index in [-0.39, 0.29) is 24.9 Å². The van der Waals surface area contributed by atoms with Gasteiger partial charge in [-0.05, 0) is 25.1 Å². The minimum Gasteiger partial charge on any atom is -0.447 e. The molecule has 0 aliphatic carbocycles. The van der Waals surface area contributed by atoms with Crippen molar-refractivity contribution < 1.29 is 27.1 Å². The number of cyclic esters (lactones) is 1. The Kier molecular flexibility index (Phi) is 4.24. The van der Waals surface area contributed by atoms with Crippen molar-refractivity contribution in [2.75, 3.05) is 24.6 Å². The number of nitrogens with one attached hydrogen (secondary N) is 1. The van der Waals surface area contributed by atoms with Crippen LogP contribution in [0.25, 0.3) is 0 Å². The minimum atomic E-state index is -4.61. The summed E-state index contributed by atoms with van der Waals surface area (Å²) < 4.78 is 56.3. The van der Waals surface area contributed by atoms with E-state index in [2.05, 4.69) is 5.32 Å². The van der Waals surface area contributed by atoms with E-state index in [0.29, 0.717) is 12.6 Å². The van der Waals surface area contributed by atoms with Gasteiger partial charge in [0, 0.05) is 18.8 Å². The van der Waals surface area contributed by atoms with Gasteiger partial charge in [-0.25, -0.2) is 9.18 Å². The van der Waals surface area contributed by atoms with Gasteiger partial charge in [-0.15, -0.1) is 0 Å². The Labute approximate surface area is 118 Å². The van der Waals surface area contributed by atoms with Crippen LogP contribution in [0.5, 0.6) is 0 Å². The number of hydrogen-bond acceptors (Lipinski definition) is 3. The van der Waals surface area contributed by atoms with E-state index < -0.39 is 23.7 Å². The number of amides is 1. The minimum absolute atomic E-state index is 0.117. The molecule has 1 aliphatic rings. The first-order valence-electron chi connectivity index (χ1n) is 6.35. The number of nitrogens with zero attached hydrogens (tertiary/aromatic N) is 1. The zero-order chi connectivity index (χ0) is 15.6. The fourth-order valence-electron chi connectivity index (χ4n) is 2.13. The third-order valence-corrected chi connectivity index (χ3v) is 3.14. The third-order valence-electron chi connectivity index (χ3n) is 3.14. The molecule has 2 rings (SSSR count). The number of alkyl carbamates (subject to hydrolysis) is 1. The van der Waals surface area contributed by atoms with Gasteiger partial charge >= 0.3 is 12.3 Å². The van der Waals surface area contributed by atoms with Crippen LogP contribution in [0.2, 0.25) is 0 Å². The zero-order valence-corrected chi connectivity index (χ0v) is 11.2. The van der Waals surface area contributed by atoms with E-state index >= 15 is 0 Å². The first-order chi connectivity index (χ1) is 9.79. The Balaban J connectivity index is 2.21. The first-order valence-corrected chi connectivity index (χ1v) is 6.35. The molecule has 0 spiro atoms. The van der Waals surface area contributed by atoms with E-state index in [1.54, 1.807) is 11.8 Å². The largest absolute Gasteiger partial charge is 0.447 e. The summed E-state index contributed by atoms with van der Waals surface area (Å²) in [5, 5.41) is 2.53. The molecule has 1 aromatic carbocycles. The number of hydrogen-bond donors (Lipinski definition) is 1. The molecule has 0 aromatic heterocycles. The number of ether oxygens (including phenoxy) is 1. The summed E-state index contributed by atoms with van der Waals surface area (Å²) >= 11 is 0. The Hall–Kier alpha value is -1.99. The predicted octanol–water partition coefficient (Wildman–Crippen LogP) is 2.78. The second kappa shape index (κ2) is 5.79. The monoisotopic (exact) mass is 306 g/mol. The predicted molar refractivity (Wildman–Crippen MR) is 67.6 cm³/mol. The lowest BCUT2D eigenvalue weighted by molar-refractivity contribution is -0.137. The molecule has 1 amide bonds. The zero-order valence-electron chi connectivity index (χ0n) is 11.2. The molecule has 1 heterocycles. The highest BCUT2D eigenvalue weighted by atomic mass is 19.4. The Morgan fingerprint density at radius 1 is 1.38 bits per heavy atom. The molecule has 8 heteroatoms. The molecular weight excluding hydrogens is 292 g/mol. The van der Waals surface area contributed by atoms with Crippen LogP contribution < -0.4 is 10.2 Å². The molecule has 1 saturated heterocycles. The number of likely N-dealkylation sites (N-methyl/N-ethyl adjacent to an activating group) is 1. The van der Waals surface area contributed by atoms with E-state index in [1.165, 1.54) is 0 Å². The highest BCUT2D eigenvalue weighted by Crippen LogP contribution is 2.32. The average Bonchev–Trinajstić information content (AvgIpc) is 2.79.